The number of rotatable bonds is 5. The highest BCUT2D eigenvalue weighted by molar-refractivity contribution is 8.00. The SMILES string of the molecule is CCC1CCCCN1C(=O)C(C)Sc1nnc(-c2ccc(F)cc2)n1N. The van der Waals surface area contributed by atoms with Crippen LogP contribution in [0.25, 0.3) is 11.4 Å². The summed E-state index contributed by atoms with van der Waals surface area (Å²) in [5.41, 5.74) is 0.675. The van der Waals surface area contributed by atoms with Gasteiger partial charge in [-0.1, -0.05) is 18.7 Å². The maximum absolute atomic E-state index is 13.1. The van der Waals surface area contributed by atoms with Crippen molar-refractivity contribution in [2.45, 2.75) is 56.0 Å². The number of amides is 1. The van der Waals surface area contributed by atoms with Crippen LogP contribution in [0.15, 0.2) is 29.4 Å². The zero-order chi connectivity index (χ0) is 18.7. The molecule has 8 heteroatoms. The number of benzene rings is 1. The lowest BCUT2D eigenvalue weighted by Crippen LogP contribution is -2.46. The van der Waals surface area contributed by atoms with Gasteiger partial charge in [0, 0.05) is 18.2 Å². The van der Waals surface area contributed by atoms with Crippen LogP contribution in [-0.4, -0.2) is 43.5 Å². The van der Waals surface area contributed by atoms with Gasteiger partial charge in [0.15, 0.2) is 5.82 Å². The van der Waals surface area contributed by atoms with Gasteiger partial charge in [-0.15, -0.1) is 10.2 Å². The molecule has 2 heterocycles. The molecule has 2 aromatic rings. The Bertz CT molecular complexity index is 763. The Balaban J connectivity index is 1.72. The average molecular weight is 377 g/mol. The minimum absolute atomic E-state index is 0.118. The van der Waals surface area contributed by atoms with Crippen molar-refractivity contribution in [3.63, 3.8) is 0 Å². The molecule has 1 aromatic carbocycles. The summed E-state index contributed by atoms with van der Waals surface area (Å²) in [7, 11) is 0. The Kier molecular flexibility index (Phi) is 5.80. The number of aromatic nitrogens is 3. The highest BCUT2D eigenvalue weighted by Crippen LogP contribution is 2.28. The molecular weight excluding hydrogens is 353 g/mol. The number of carbonyl (C=O) groups excluding carboxylic acids is 1. The fourth-order valence-electron chi connectivity index (χ4n) is 3.31. The van der Waals surface area contributed by atoms with Crippen LogP contribution in [0.3, 0.4) is 0 Å². The summed E-state index contributed by atoms with van der Waals surface area (Å²) >= 11 is 1.30. The number of hydrogen-bond acceptors (Lipinski definition) is 5. The Labute approximate surface area is 156 Å². The largest absolute Gasteiger partial charge is 0.339 e. The number of halogens is 1. The predicted octanol–water partition coefficient (Wildman–Crippen LogP) is 3.07. The summed E-state index contributed by atoms with van der Waals surface area (Å²) in [6.45, 7) is 4.82. The first-order valence-electron chi connectivity index (χ1n) is 8.94. The van der Waals surface area contributed by atoms with Gasteiger partial charge < -0.3 is 10.7 Å². The molecule has 1 aromatic heterocycles. The minimum Gasteiger partial charge on any atom is -0.339 e. The van der Waals surface area contributed by atoms with Gasteiger partial charge in [-0.2, -0.15) is 0 Å². The molecule has 0 spiro atoms. The molecule has 0 aliphatic carbocycles. The van der Waals surface area contributed by atoms with Crippen LogP contribution in [0.5, 0.6) is 0 Å². The van der Waals surface area contributed by atoms with Crippen LogP contribution in [-0.2, 0) is 4.79 Å². The van der Waals surface area contributed by atoms with Crippen LogP contribution in [0.4, 0.5) is 4.39 Å². The van der Waals surface area contributed by atoms with Crippen molar-refractivity contribution < 1.29 is 9.18 Å². The Hall–Kier alpha value is -2.09. The molecular formula is C18H24FN5OS. The summed E-state index contributed by atoms with van der Waals surface area (Å²) < 4.78 is 14.4. The van der Waals surface area contributed by atoms with Crippen molar-refractivity contribution >= 4 is 17.7 Å². The van der Waals surface area contributed by atoms with E-state index < -0.39 is 0 Å². The lowest BCUT2D eigenvalue weighted by atomic mass is 10.00. The molecule has 3 rings (SSSR count). The number of nitrogens with two attached hydrogens (primary N) is 1. The van der Waals surface area contributed by atoms with E-state index >= 15 is 0 Å². The normalized spacial score (nSPS) is 18.7. The van der Waals surface area contributed by atoms with Crippen molar-refractivity contribution in [2.24, 2.45) is 0 Å². The minimum atomic E-state index is -0.322. The van der Waals surface area contributed by atoms with Crippen LogP contribution >= 0.6 is 11.8 Å². The fourth-order valence-corrected chi connectivity index (χ4v) is 4.15. The molecule has 26 heavy (non-hydrogen) atoms. The standard InChI is InChI=1S/C18H24FN5OS/c1-3-15-6-4-5-11-23(15)17(25)12(2)26-18-22-21-16(24(18)20)13-7-9-14(19)10-8-13/h7-10,12,15H,3-6,11,20H2,1-2H3. The quantitative estimate of drug-likeness (QED) is 0.640. The molecule has 0 radical (unpaired) electrons. The zero-order valence-electron chi connectivity index (χ0n) is 15.1. The molecule has 2 unspecified atom stereocenters. The molecule has 1 aliphatic heterocycles. The van der Waals surface area contributed by atoms with Crippen molar-refractivity contribution in [1.29, 1.82) is 0 Å². The summed E-state index contributed by atoms with van der Waals surface area (Å²) in [5, 5.41) is 8.37. The Morgan fingerprint density at radius 2 is 2.08 bits per heavy atom. The third kappa shape index (κ3) is 3.85. The van der Waals surface area contributed by atoms with E-state index in [0.29, 0.717) is 22.6 Å². The molecule has 0 saturated carbocycles. The predicted molar refractivity (Wildman–Crippen MR) is 101 cm³/mol. The van der Waals surface area contributed by atoms with Crippen LogP contribution in [0.2, 0.25) is 0 Å². The third-order valence-corrected chi connectivity index (χ3v) is 5.82. The van der Waals surface area contributed by atoms with Gasteiger partial charge in [0.25, 0.3) is 0 Å². The van der Waals surface area contributed by atoms with Crippen molar-refractivity contribution in [1.82, 2.24) is 19.8 Å². The molecule has 140 valence electrons. The first kappa shape index (κ1) is 18.7. The van der Waals surface area contributed by atoms with Crippen LogP contribution in [0, 0.1) is 5.82 Å². The maximum Gasteiger partial charge on any atom is 0.236 e. The lowest BCUT2D eigenvalue weighted by Gasteiger charge is -2.36. The fraction of sp³-hybridized carbons (Fsp3) is 0.500. The number of nitrogens with zero attached hydrogens (tertiary/aromatic N) is 4. The molecule has 1 amide bonds. The van der Waals surface area contributed by atoms with Gasteiger partial charge in [-0.25, -0.2) is 9.07 Å². The summed E-state index contributed by atoms with van der Waals surface area (Å²) in [4.78, 5) is 14.9. The second-order valence-electron chi connectivity index (χ2n) is 6.53. The van der Waals surface area contributed by atoms with E-state index in [2.05, 4.69) is 17.1 Å². The molecule has 2 atom stereocenters. The molecule has 1 fully saturated rings. The zero-order valence-corrected chi connectivity index (χ0v) is 15.9. The molecule has 6 nitrogen and oxygen atoms in total. The average Bonchev–Trinajstić information content (AvgIpc) is 3.02. The molecule has 1 aliphatic rings. The highest BCUT2D eigenvalue weighted by atomic mass is 32.2. The van der Waals surface area contributed by atoms with E-state index in [-0.39, 0.29) is 17.0 Å². The van der Waals surface area contributed by atoms with Crippen molar-refractivity contribution in [2.75, 3.05) is 12.4 Å². The van der Waals surface area contributed by atoms with Crippen molar-refractivity contribution in [3.05, 3.63) is 30.1 Å². The van der Waals surface area contributed by atoms with Gasteiger partial charge in [0.05, 0.1) is 5.25 Å². The van der Waals surface area contributed by atoms with Crippen LogP contribution < -0.4 is 5.84 Å². The first-order chi connectivity index (χ1) is 12.5. The van der Waals surface area contributed by atoms with E-state index in [1.54, 1.807) is 12.1 Å². The second kappa shape index (κ2) is 8.07. The molecule has 0 bridgehead atoms. The van der Waals surface area contributed by atoms with E-state index in [1.165, 1.54) is 35.0 Å². The van der Waals surface area contributed by atoms with E-state index in [1.807, 2.05) is 11.8 Å². The van der Waals surface area contributed by atoms with Crippen molar-refractivity contribution in [3.8, 4) is 11.4 Å². The third-order valence-electron chi connectivity index (χ3n) is 4.78. The lowest BCUT2D eigenvalue weighted by molar-refractivity contribution is -0.134. The molecule has 1 saturated heterocycles. The summed E-state index contributed by atoms with van der Waals surface area (Å²) in [6.07, 6.45) is 4.29. The monoisotopic (exact) mass is 377 g/mol. The number of piperidine rings is 1. The van der Waals surface area contributed by atoms with Crippen LogP contribution in [0.1, 0.15) is 39.5 Å². The number of carbonyl (C=O) groups is 1. The smallest absolute Gasteiger partial charge is 0.236 e. The van der Waals surface area contributed by atoms with Gasteiger partial charge >= 0.3 is 0 Å². The summed E-state index contributed by atoms with van der Waals surface area (Å²) in [5.74, 6) is 6.34. The first-order valence-corrected chi connectivity index (χ1v) is 9.82. The van der Waals surface area contributed by atoms with Gasteiger partial charge in [-0.05, 0) is 56.9 Å². The second-order valence-corrected chi connectivity index (χ2v) is 7.84. The van der Waals surface area contributed by atoms with E-state index in [0.717, 1.165) is 25.8 Å². The highest BCUT2D eigenvalue weighted by Gasteiger charge is 2.30. The van der Waals surface area contributed by atoms with E-state index in [9.17, 15) is 9.18 Å². The Morgan fingerprint density at radius 3 is 2.77 bits per heavy atom. The number of thioether (sulfide) groups is 1. The van der Waals surface area contributed by atoms with Gasteiger partial charge in [0.2, 0.25) is 11.1 Å². The summed E-state index contributed by atoms with van der Waals surface area (Å²) in [6, 6.07) is 6.23. The topological polar surface area (TPSA) is 77.0 Å². The van der Waals surface area contributed by atoms with Gasteiger partial charge in [-0.3, -0.25) is 4.79 Å². The number of likely N-dealkylation sites (tertiary alicyclic amines) is 1. The van der Waals surface area contributed by atoms with E-state index in [4.69, 9.17) is 5.84 Å². The molecule has 2 N–H and O–H groups in total. The number of nitrogen functional groups attached to an aromatic ring is 1. The Morgan fingerprint density at radius 1 is 1.35 bits per heavy atom. The maximum atomic E-state index is 13.1. The number of hydrogen-bond donors (Lipinski definition) is 1. The van der Waals surface area contributed by atoms with Gasteiger partial charge in [0.1, 0.15) is 5.82 Å².